The molecule has 0 radical (unpaired) electrons. The minimum Gasteiger partial charge on any atom is -0.309 e. The number of aromatic nitrogens is 1. The number of rotatable bonds is 5. The highest BCUT2D eigenvalue weighted by atomic mass is 79.9. The van der Waals surface area contributed by atoms with E-state index >= 15 is 0 Å². The molecular formula is C19H15BrCl2N2OS. The number of nitrogens with one attached hydrogen (secondary N) is 1. The molecule has 26 heavy (non-hydrogen) atoms. The molecule has 1 aromatic heterocycles. The van der Waals surface area contributed by atoms with Crippen molar-refractivity contribution in [3.8, 4) is 0 Å². The number of carbonyl (C=O) groups is 1. The van der Waals surface area contributed by atoms with Crippen LogP contribution in [0.25, 0.3) is 0 Å². The number of pyridine rings is 1. The van der Waals surface area contributed by atoms with Crippen LogP contribution in [-0.4, -0.2) is 10.9 Å². The highest BCUT2D eigenvalue weighted by molar-refractivity contribution is 9.10. The molecule has 1 N–H and O–H groups in total. The van der Waals surface area contributed by atoms with E-state index in [1.165, 1.54) is 11.8 Å². The Balaban J connectivity index is 0.00000243. The summed E-state index contributed by atoms with van der Waals surface area (Å²) in [6.07, 6.45) is 1.65. The molecule has 3 rings (SSSR count). The second-order valence-corrected chi connectivity index (χ2v) is 7.75. The van der Waals surface area contributed by atoms with Gasteiger partial charge in [0.2, 0.25) is 5.91 Å². The van der Waals surface area contributed by atoms with Crippen molar-refractivity contribution in [3.05, 3.63) is 88.0 Å². The van der Waals surface area contributed by atoms with Gasteiger partial charge >= 0.3 is 0 Å². The van der Waals surface area contributed by atoms with E-state index in [0.717, 1.165) is 14.9 Å². The van der Waals surface area contributed by atoms with Crippen LogP contribution in [0.3, 0.4) is 0 Å². The molecule has 0 saturated heterocycles. The van der Waals surface area contributed by atoms with Crippen LogP contribution in [0.4, 0.5) is 5.82 Å². The largest absolute Gasteiger partial charge is 0.309 e. The molecule has 1 unspecified atom stereocenters. The molecule has 0 aliphatic carbocycles. The summed E-state index contributed by atoms with van der Waals surface area (Å²) in [5.41, 5.74) is 0.919. The van der Waals surface area contributed by atoms with Crippen LogP contribution >= 0.6 is 51.7 Å². The highest BCUT2D eigenvalue weighted by Gasteiger charge is 2.22. The Morgan fingerprint density at radius 3 is 2.50 bits per heavy atom. The number of nitrogens with zero attached hydrogens (tertiary/aromatic N) is 1. The summed E-state index contributed by atoms with van der Waals surface area (Å²) in [5.74, 6) is 0.381. The Morgan fingerprint density at radius 2 is 1.85 bits per heavy atom. The molecule has 1 atom stereocenters. The fourth-order valence-electron chi connectivity index (χ4n) is 2.22. The average molecular weight is 470 g/mol. The van der Waals surface area contributed by atoms with E-state index in [0.29, 0.717) is 10.8 Å². The molecule has 0 fully saturated rings. The van der Waals surface area contributed by atoms with Crippen LogP contribution in [-0.2, 0) is 4.79 Å². The Hall–Kier alpha value is -1.53. The lowest BCUT2D eigenvalue weighted by Gasteiger charge is -2.17. The van der Waals surface area contributed by atoms with E-state index in [4.69, 9.17) is 11.6 Å². The van der Waals surface area contributed by atoms with Crippen LogP contribution in [0.2, 0.25) is 5.02 Å². The molecule has 0 aliphatic heterocycles. The topological polar surface area (TPSA) is 42.0 Å². The number of benzene rings is 2. The van der Waals surface area contributed by atoms with Crippen molar-refractivity contribution >= 4 is 63.4 Å². The smallest absolute Gasteiger partial charge is 0.243 e. The minimum atomic E-state index is -0.412. The summed E-state index contributed by atoms with van der Waals surface area (Å²) in [4.78, 5) is 18.0. The fourth-order valence-corrected chi connectivity index (χ4v) is 3.79. The molecule has 3 aromatic rings. The van der Waals surface area contributed by atoms with E-state index in [2.05, 4.69) is 26.2 Å². The van der Waals surface area contributed by atoms with Gasteiger partial charge in [0.25, 0.3) is 0 Å². The van der Waals surface area contributed by atoms with Gasteiger partial charge < -0.3 is 5.32 Å². The molecule has 3 nitrogen and oxygen atoms in total. The summed E-state index contributed by atoms with van der Waals surface area (Å²) in [6.45, 7) is 0. The zero-order valence-corrected chi connectivity index (χ0v) is 17.4. The third-order valence-electron chi connectivity index (χ3n) is 3.37. The number of carbonyl (C=O) groups excluding carboxylic acids is 1. The lowest BCUT2D eigenvalue weighted by atomic mass is 10.1. The number of hydrogen-bond donors (Lipinski definition) is 1. The van der Waals surface area contributed by atoms with Gasteiger partial charge in [0.05, 0.1) is 0 Å². The third-order valence-corrected chi connectivity index (χ3v) is 5.32. The van der Waals surface area contributed by atoms with Crippen molar-refractivity contribution in [2.24, 2.45) is 0 Å². The molecule has 1 heterocycles. The Labute approximate surface area is 176 Å². The SMILES string of the molecule is Cl.O=C(Nc1ccc(Br)cn1)C(Sc1cccc(Cl)c1)c1ccccc1. The molecule has 1 amide bonds. The summed E-state index contributed by atoms with van der Waals surface area (Å²) in [7, 11) is 0. The number of amides is 1. The zero-order valence-electron chi connectivity index (χ0n) is 13.4. The lowest BCUT2D eigenvalue weighted by molar-refractivity contribution is -0.115. The van der Waals surface area contributed by atoms with Crippen LogP contribution in [0.5, 0.6) is 0 Å². The molecule has 0 bridgehead atoms. The lowest BCUT2D eigenvalue weighted by Crippen LogP contribution is -2.19. The standard InChI is InChI=1S/C19H14BrClN2OS.ClH/c20-14-9-10-17(22-12-14)23-19(24)18(13-5-2-1-3-6-13)25-16-8-4-7-15(21)11-16;/h1-12,18H,(H,22,23,24);1H. The second-order valence-electron chi connectivity index (χ2n) is 5.22. The number of anilines is 1. The van der Waals surface area contributed by atoms with E-state index in [1.54, 1.807) is 12.3 Å². The fraction of sp³-hybridized carbons (Fsp3) is 0.0526. The number of thioether (sulfide) groups is 1. The van der Waals surface area contributed by atoms with Crippen molar-refractivity contribution in [1.29, 1.82) is 0 Å². The second kappa shape index (κ2) is 9.97. The minimum absolute atomic E-state index is 0. The maximum Gasteiger partial charge on any atom is 0.243 e. The Bertz CT molecular complexity index is 863. The first-order chi connectivity index (χ1) is 12.1. The summed E-state index contributed by atoms with van der Waals surface area (Å²) < 4.78 is 0.860. The quantitative estimate of drug-likeness (QED) is 0.440. The number of hydrogen-bond acceptors (Lipinski definition) is 3. The predicted molar refractivity (Wildman–Crippen MR) is 114 cm³/mol. The van der Waals surface area contributed by atoms with Gasteiger partial charge in [-0.05, 0) is 51.8 Å². The van der Waals surface area contributed by atoms with Crippen molar-refractivity contribution < 1.29 is 4.79 Å². The first-order valence-corrected chi connectivity index (χ1v) is 9.56. The van der Waals surface area contributed by atoms with Gasteiger partial charge in [-0.25, -0.2) is 4.98 Å². The predicted octanol–water partition coefficient (Wildman–Crippen LogP) is 6.39. The van der Waals surface area contributed by atoms with Gasteiger partial charge in [-0.15, -0.1) is 24.2 Å². The van der Waals surface area contributed by atoms with Crippen molar-refractivity contribution in [2.75, 3.05) is 5.32 Å². The first-order valence-electron chi connectivity index (χ1n) is 7.51. The maximum absolute atomic E-state index is 12.9. The van der Waals surface area contributed by atoms with E-state index < -0.39 is 5.25 Å². The Morgan fingerprint density at radius 1 is 1.08 bits per heavy atom. The highest BCUT2D eigenvalue weighted by Crippen LogP contribution is 2.37. The monoisotopic (exact) mass is 468 g/mol. The van der Waals surface area contributed by atoms with E-state index in [9.17, 15) is 4.79 Å². The van der Waals surface area contributed by atoms with Crippen LogP contribution in [0, 0.1) is 0 Å². The summed E-state index contributed by atoms with van der Waals surface area (Å²) in [5, 5.41) is 3.11. The van der Waals surface area contributed by atoms with Gasteiger partial charge in [0, 0.05) is 20.6 Å². The van der Waals surface area contributed by atoms with Gasteiger partial charge in [-0.1, -0.05) is 48.0 Å². The maximum atomic E-state index is 12.9. The average Bonchev–Trinajstić information content (AvgIpc) is 2.62. The molecule has 134 valence electrons. The zero-order chi connectivity index (χ0) is 17.6. The summed E-state index contributed by atoms with van der Waals surface area (Å²) in [6, 6.07) is 20.7. The molecular weight excluding hydrogens is 455 g/mol. The van der Waals surface area contributed by atoms with Crippen molar-refractivity contribution in [2.45, 2.75) is 10.1 Å². The van der Waals surface area contributed by atoms with Gasteiger partial charge in [0.15, 0.2) is 0 Å². The normalized spacial score (nSPS) is 11.3. The molecule has 0 aliphatic rings. The van der Waals surface area contributed by atoms with E-state index in [1.807, 2.05) is 60.7 Å². The third kappa shape index (κ3) is 5.74. The van der Waals surface area contributed by atoms with Crippen LogP contribution in [0.1, 0.15) is 10.8 Å². The van der Waals surface area contributed by atoms with Crippen molar-refractivity contribution in [1.82, 2.24) is 4.98 Å². The number of halogens is 3. The van der Waals surface area contributed by atoms with Gasteiger partial charge in [-0.3, -0.25) is 4.79 Å². The summed E-state index contributed by atoms with van der Waals surface area (Å²) >= 11 is 10.9. The van der Waals surface area contributed by atoms with Gasteiger partial charge in [-0.2, -0.15) is 0 Å². The molecule has 2 aromatic carbocycles. The molecule has 0 spiro atoms. The van der Waals surface area contributed by atoms with Crippen LogP contribution in [0.15, 0.2) is 82.3 Å². The van der Waals surface area contributed by atoms with Gasteiger partial charge in [0.1, 0.15) is 11.1 Å². The van der Waals surface area contributed by atoms with Crippen LogP contribution < -0.4 is 5.32 Å². The molecule has 0 saturated carbocycles. The molecule has 7 heteroatoms. The van der Waals surface area contributed by atoms with Crippen molar-refractivity contribution in [3.63, 3.8) is 0 Å². The van der Waals surface area contributed by atoms with E-state index in [-0.39, 0.29) is 18.3 Å². The first kappa shape index (κ1) is 20.8. The Kier molecular flexibility index (Phi) is 7.97.